The lowest BCUT2D eigenvalue weighted by Crippen LogP contribution is -2.61. The summed E-state index contributed by atoms with van der Waals surface area (Å²) in [5.41, 5.74) is 23.7. The third kappa shape index (κ3) is 26.3. The molecule has 0 bridgehead atoms. The Labute approximate surface area is 462 Å². The fourth-order valence-electron chi connectivity index (χ4n) is 8.35. The highest BCUT2D eigenvalue weighted by Crippen LogP contribution is 2.16. The molecule has 0 aliphatic carbocycles. The zero-order chi connectivity index (χ0) is 59.4. The lowest BCUT2D eigenvalue weighted by molar-refractivity contribution is -0.143. The molecule has 0 fully saturated rings. The summed E-state index contributed by atoms with van der Waals surface area (Å²) in [6.45, 7) is 21.9. The summed E-state index contributed by atoms with van der Waals surface area (Å²) in [5.74, 6) is -8.43. The minimum atomic E-state index is -1.25. The largest absolute Gasteiger partial charge is 0.480 e. The van der Waals surface area contributed by atoms with Gasteiger partial charge in [0.2, 0.25) is 47.3 Å². The first-order valence-corrected chi connectivity index (χ1v) is 27.7. The first-order valence-electron chi connectivity index (χ1n) is 27.7. The highest BCUT2D eigenvalue weighted by atomic mass is 16.4. The van der Waals surface area contributed by atoms with Crippen molar-refractivity contribution in [2.24, 2.45) is 63.4 Å². The third-order valence-electron chi connectivity index (χ3n) is 13.1. The zero-order valence-corrected chi connectivity index (χ0v) is 48.4. The highest BCUT2D eigenvalue weighted by Gasteiger charge is 2.37. The minimum Gasteiger partial charge on any atom is -0.480 e. The molecule has 17 N–H and O–H groups in total. The van der Waals surface area contributed by atoms with Crippen molar-refractivity contribution < 1.29 is 48.3 Å². The molecule has 442 valence electrons. The van der Waals surface area contributed by atoms with Crippen LogP contribution in [0.1, 0.15) is 146 Å². The number of hydrogen-bond acceptors (Lipinski definition) is 12. The second-order valence-corrected chi connectivity index (χ2v) is 22.4. The van der Waals surface area contributed by atoms with E-state index in [9.17, 15) is 48.3 Å². The Balaban J connectivity index is 3.58. The van der Waals surface area contributed by atoms with Crippen LogP contribution in [0.3, 0.4) is 0 Å². The van der Waals surface area contributed by atoms with Gasteiger partial charge in [-0.15, -0.1) is 0 Å². The Hall–Kier alpha value is -6.36. The predicted molar refractivity (Wildman–Crippen MR) is 302 cm³/mol. The molecule has 8 amide bonds. The first-order chi connectivity index (χ1) is 36.5. The molecule has 0 saturated carbocycles. The smallest absolute Gasteiger partial charge is 0.326 e. The van der Waals surface area contributed by atoms with Crippen LogP contribution in [0, 0.1) is 35.5 Å². The van der Waals surface area contributed by atoms with Gasteiger partial charge in [0.1, 0.15) is 48.3 Å². The molecular formula is C55H97N13O10. The quantitative estimate of drug-likeness (QED) is 0.0253. The van der Waals surface area contributed by atoms with Gasteiger partial charge in [-0.25, -0.2) is 4.79 Å². The number of unbranched alkanes of at least 4 members (excludes halogenated alkanes) is 1. The summed E-state index contributed by atoms with van der Waals surface area (Å²) in [6, 6.07) is -1.48. The number of amides is 8. The van der Waals surface area contributed by atoms with E-state index >= 15 is 0 Å². The van der Waals surface area contributed by atoms with Gasteiger partial charge in [-0.2, -0.15) is 0 Å². The van der Waals surface area contributed by atoms with Gasteiger partial charge in [0.05, 0.1) is 6.04 Å². The number of aliphatic carboxylic acids is 1. The predicted octanol–water partition coefficient (Wildman–Crippen LogP) is 1.20. The molecule has 1 aromatic rings. The van der Waals surface area contributed by atoms with Gasteiger partial charge in [0.25, 0.3) is 0 Å². The topological polar surface area (TPSA) is 387 Å². The van der Waals surface area contributed by atoms with E-state index in [4.69, 9.17) is 22.9 Å². The number of guanidine groups is 1. The van der Waals surface area contributed by atoms with Gasteiger partial charge in [0.15, 0.2) is 5.96 Å². The van der Waals surface area contributed by atoms with E-state index in [0.717, 1.165) is 5.56 Å². The molecule has 0 aliphatic rings. The molecule has 10 atom stereocenters. The average molecular weight is 1100 g/mol. The fraction of sp³-hybridized carbons (Fsp3) is 0.709. The summed E-state index contributed by atoms with van der Waals surface area (Å²) < 4.78 is 0. The Bertz CT molecular complexity index is 2100. The summed E-state index contributed by atoms with van der Waals surface area (Å²) >= 11 is 0. The molecular weight excluding hydrogens is 1000 g/mol. The maximum absolute atomic E-state index is 14.5. The second kappa shape index (κ2) is 35.9. The van der Waals surface area contributed by atoms with Crippen molar-refractivity contribution in [2.45, 2.75) is 202 Å². The van der Waals surface area contributed by atoms with Crippen molar-refractivity contribution in [1.29, 1.82) is 0 Å². The van der Waals surface area contributed by atoms with Crippen molar-refractivity contribution in [3.63, 3.8) is 0 Å². The molecule has 23 heteroatoms. The van der Waals surface area contributed by atoms with Crippen molar-refractivity contribution in [3.05, 3.63) is 35.9 Å². The molecule has 23 nitrogen and oxygen atoms in total. The number of carbonyl (C=O) groups excluding carboxylic acids is 8. The van der Waals surface area contributed by atoms with Crippen molar-refractivity contribution >= 4 is 59.2 Å². The molecule has 0 aromatic heterocycles. The molecule has 0 radical (unpaired) electrons. The van der Waals surface area contributed by atoms with Gasteiger partial charge in [0, 0.05) is 13.0 Å². The lowest BCUT2D eigenvalue weighted by atomic mass is 9.95. The normalized spacial score (nSPS) is 15.3. The number of nitrogens with one attached hydrogen (secondary N) is 8. The number of nitrogens with two attached hydrogens (primary N) is 4. The Morgan fingerprint density at radius 1 is 0.500 bits per heavy atom. The summed E-state index contributed by atoms with van der Waals surface area (Å²) in [7, 11) is 0. The maximum Gasteiger partial charge on any atom is 0.326 e. The molecule has 0 heterocycles. The zero-order valence-electron chi connectivity index (χ0n) is 48.4. The monoisotopic (exact) mass is 1100 g/mol. The number of carboxylic acids is 1. The molecule has 78 heavy (non-hydrogen) atoms. The Morgan fingerprint density at radius 3 is 1.29 bits per heavy atom. The number of nitrogens with zero attached hydrogens (tertiary/aromatic N) is 1. The fourth-order valence-corrected chi connectivity index (χ4v) is 8.35. The number of rotatable bonds is 37. The van der Waals surface area contributed by atoms with E-state index in [-0.39, 0.29) is 81.1 Å². The van der Waals surface area contributed by atoms with Gasteiger partial charge in [-0.3, -0.25) is 43.3 Å². The third-order valence-corrected chi connectivity index (χ3v) is 13.1. The van der Waals surface area contributed by atoms with E-state index < -0.39 is 119 Å². The SMILES string of the molecule is CC[C@H](C)[C@H](NC(=O)[C@H](CCCN=C(N)N)NC(=O)[C@H](Cc1ccccc1)NC(=O)[C@@H](N)C(C)C)C(=O)N[C@@H](CC(C)C)C(=O)N[C@@H](CC(C)C)C(=O)N[C@@H](CC(C)C)C(=O)N[C@@H](CCCCN)C(=O)N[C@H](C(=O)O)C(C)C. The van der Waals surface area contributed by atoms with Crippen molar-refractivity contribution in [2.75, 3.05) is 13.1 Å². The van der Waals surface area contributed by atoms with Gasteiger partial charge in [-0.1, -0.05) is 120 Å². The molecule has 0 saturated heterocycles. The number of carboxylic acid groups (broad SMARTS) is 1. The van der Waals surface area contributed by atoms with Gasteiger partial charge < -0.3 is 70.6 Å². The Morgan fingerprint density at radius 2 is 0.897 bits per heavy atom. The summed E-state index contributed by atoms with van der Waals surface area (Å²) in [6.07, 6.45) is 2.28. The van der Waals surface area contributed by atoms with Crippen molar-refractivity contribution in [1.82, 2.24) is 42.5 Å². The molecule has 1 rings (SSSR count). The number of hydrogen-bond donors (Lipinski definition) is 13. The van der Waals surface area contributed by atoms with E-state index in [1.165, 1.54) is 0 Å². The molecule has 0 spiro atoms. The number of benzene rings is 1. The molecule has 0 aliphatic heterocycles. The highest BCUT2D eigenvalue weighted by molar-refractivity contribution is 5.98. The van der Waals surface area contributed by atoms with E-state index in [2.05, 4.69) is 47.5 Å². The summed E-state index contributed by atoms with van der Waals surface area (Å²) in [5, 5.41) is 31.8. The molecule has 1 aromatic carbocycles. The second-order valence-electron chi connectivity index (χ2n) is 22.4. The van der Waals surface area contributed by atoms with Crippen LogP contribution < -0.4 is 65.5 Å². The number of carbonyl (C=O) groups is 9. The summed E-state index contributed by atoms with van der Waals surface area (Å²) in [4.78, 5) is 129. The lowest BCUT2D eigenvalue weighted by Gasteiger charge is -2.30. The standard InChI is InChI=1S/C55H97N13O10/c1-13-35(12)45(68-47(70)38(23-19-25-60-55(58)59)62-51(74)42(29-36-20-15-14-16-21-36)65-52(75)43(57)33(8)9)53(76)66-41(28-32(6)7)50(73)64-40(27-31(4)5)49(72)63-39(26-30(2)3)48(71)61-37(22-17-18-24-56)46(69)67-44(34(10)11)54(77)78/h14-16,20-21,30-35,37-45H,13,17-19,22-29,56-57H2,1-12H3,(H,61,71)(H,62,74)(H,63,72)(H,64,73)(H,65,75)(H,66,76)(H,67,69)(H,68,70)(H,77,78)(H4,58,59,60)/t35-,37-,38-,39-,40-,41-,42-,43-,44-,45-/m0/s1. The average Bonchev–Trinajstić information content (AvgIpc) is 3.35. The molecule has 0 unspecified atom stereocenters. The maximum atomic E-state index is 14.5. The van der Waals surface area contributed by atoms with E-state index in [1.54, 1.807) is 58.9 Å². The van der Waals surface area contributed by atoms with Crippen LogP contribution in [0.4, 0.5) is 0 Å². The van der Waals surface area contributed by atoms with Gasteiger partial charge >= 0.3 is 5.97 Å². The first kappa shape index (κ1) is 69.7. The van der Waals surface area contributed by atoms with E-state index in [1.807, 2.05) is 54.5 Å². The van der Waals surface area contributed by atoms with Crippen LogP contribution in [0.25, 0.3) is 0 Å². The van der Waals surface area contributed by atoms with E-state index in [0.29, 0.717) is 25.8 Å². The van der Waals surface area contributed by atoms with Crippen LogP contribution >= 0.6 is 0 Å². The van der Waals surface area contributed by atoms with Crippen LogP contribution in [0.2, 0.25) is 0 Å². The van der Waals surface area contributed by atoms with Crippen LogP contribution in [-0.2, 0) is 49.6 Å². The Kier molecular flexibility index (Phi) is 32.1. The minimum absolute atomic E-state index is 0.0221. The van der Waals surface area contributed by atoms with Crippen LogP contribution in [-0.4, -0.2) is 132 Å². The van der Waals surface area contributed by atoms with Crippen molar-refractivity contribution in [3.8, 4) is 0 Å². The van der Waals surface area contributed by atoms with Crippen LogP contribution in [0.15, 0.2) is 35.3 Å². The van der Waals surface area contributed by atoms with Crippen LogP contribution in [0.5, 0.6) is 0 Å². The van der Waals surface area contributed by atoms with Gasteiger partial charge in [-0.05, 0) is 99.0 Å². The number of aliphatic imine (C=N–C) groups is 1.